The lowest BCUT2D eigenvalue weighted by molar-refractivity contribution is 0.0829. The van der Waals surface area contributed by atoms with Crippen LogP contribution in [0.2, 0.25) is 5.02 Å². The number of rotatable bonds is 1. The van der Waals surface area contributed by atoms with E-state index in [2.05, 4.69) is 41.7 Å². The van der Waals surface area contributed by atoms with Crippen LogP contribution in [0.15, 0.2) is 48.5 Å². The van der Waals surface area contributed by atoms with Gasteiger partial charge in [-0.25, -0.2) is 0 Å². The first-order valence-corrected chi connectivity index (χ1v) is 7.43. The van der Waals surface area contributed by atoms with Gasteiger partial charge in [0, 0.05) is 28.8 Å². The van der Waals surface area contributed by atoms with Crippen LogP contribution in [0.3, 0.4) is 0 Å². The summed E-state index contributed by atoms with van der Waals surface area (Å²) in [5.74, 6) is 0.492. The van der Waals surface area contributed by atoms with E-state index in [-0.39, 0.29) is 6.10 Å². The van der Waals surface area contributed by atoms with Crippen LogP contribution in [0.4, 0.5) is 5.69 Å². The Balaban J connectivity index is 1.76. The summed E-state index contributed by atoms with van der Waals surface area (Å²) in [5, 5.41) is 4.46. The number of anilines is 1. The molecule has 102 valence electrons. The summed E-state index contributed by atoms with van der Waals surface area (Å²) in [6.45, 7) is 0.843. The molecule has 4 rings (SSSR count). The quantitative estimate of drug-likeness (QED) is 0.828. The molecule has 2 nitrogen and oxygen atoms in total. The molecule has 0 amide bonds. The zero-order valence-electron chi connectivity index (χ0n) is 11.1. The highest BCUT2D eigenvalue weighted by Crippen LogP contribution is 2.49. The van der Waals surface area contributed by atoms with Crippen molar-refractivity contribution in [1.29, 1.82) is 0 Å². The fraction of sp³-hybridized carbons (Fsp3) is 0.294. The number of halogens is 1. The first-order valence-electron chi connectivity index (χ1n) is 7.05. The molecule has 0 saturated carbocycles. The maximum atomic E-state index is 6.00. The molecule has 0 radical (unpaired) electrons. The third kappa shape index (κ3) is 1.91. The number of fused-ring (bicyclic) bond motifs is 3. The fourth-order valence-electron chi connectivity index (χ4n) is 3.42. The highest BCUT2D eigenvalue weighted by Gasteiger charge is 2.41. The molecule has 2 aromatic carbocycles. The lowest BCUT2D eigenvalue weighted by Gasteiger charge is -2.36. The number of nitrogens with one attached hydrogen (secondary N) is 1. The van der Waals surface area contributed by atoms with Gasteiger partial charge in [-0.1, -0.05) is 41.9 Å². The molecular formula is C17H16ClNO. The van der Waals surface area contributed by atoms with Crippen LogP contribution >= 0.6 is 11.6 Å². The van der Waals surface area contributed by atoms with Gasteiger partial charge in [0.2, 0.25) is 0 Å². The van der Waals surface area contributed by atoms with Crippen molar-refractivity contribution in [2.75, 3.05) is 11.9 Å². The Morgan fingerprint density at radius 1 is 1.05 bits per heavy atom. The third-order valence-electron chi connectivity index (χ3n) is 4.37. The van der Waals surface area contributed by atoms with Gasteiger partial charge in [-0.3, -0.25) is 0 Å². The van der Waals surface area contributed by atoms with Gasteiger partial charge in [-0.15, -0.1) is 0 Å². The van der Waals surface area contributed by atoms with Gasteiger partial charge in [0.1, 0.15) is 0 Å². The molecule has 1 N–H and O–H groups in total. The Hall–Kier alpha value is -1.51. The average Bonchev–Trinajstić information content (AvgIpc) is 2.97. The summed E-state index contributed by atoms with van der Waals surface area (Å²) >= 11 is 6.00. The number of benzene rings is 2. The summed E-state index contributed by atoms with van der Waals surface area (Å²) in [5.41, 5.74) is 3.76. The predicted octanol–water partition coefficient (Wildman–Crippen LogP) is 4.58. The Morgan fingerprint density at radius 2 is 1.85 bits per heavy atom. The van der Waals surface area contributed by atoms with Crippen molar-refractivity contribution in [2.24, 2.45) is 5.92 Å². The van der Waals surface area contributed by atoms with Crippen LogP contribution in [0.25, 0.3) is 0 Å². The molecule has 20 heavy (non-hydrogen) atoms. The van der Waals surface area contributed by atoms with Gasteiger partial charge in [0.25, 0.3) is 0 Å². The summed E-state index contributed by atoms with van der Waals surface area (Å²) in [4.78, 5) is 0. The molecule has 0 aromatic heterocycles. The van der Waals surface area contributed by atoms with E-state index < -0.39 is 0 Å². The van der Waals surface area contributed by atoms with Crippen LogP contribution in [0, 0.1) is 5.92 Å². The molecular weight excluding hydrogens is 270 g/mol. The van der Waals surface area contributed by atoms with Crippen LogP contribution in [0.1, 0.15) is 29.7 Å². The van der Waals surface area contributed by atoms with Crippen molar-refractivity contribution >= 4 is 17.3 Å². The Kier molecular flexibility index (Phi) is 2.94. The number of ether oxygens (including phenoxy) is 1. The van der Waals surface area contributed by atoms with Crippen molar-refractivity contribution in [2.45, 2.75) is 18.6 Å². The van der Waals surface area contributed by atoms with E-state index in [1.165, 1.54) is 16.8 Å². The molecule has 3 atom stereocenters. The predicted molar refractivity (Wildman–Crippen MR) is 81.1 cm³/mol. The van der Waals surface area contributed by atoms with E-state index in [1.54, 1.807) is 0 Å². The molecule has 1 fully saturated rings. The monoisotopic (exact) mass is 285 g/mol. The zero-order valence-corrected chi connectivity index (χ0v) is 11.8. The molecule has 2 heterocycles. The second-order valence-corrected chi connectivity index (χ2v) is 5.94. The molecule has 0 bridgehead atoms. The minimum Gasteiger partial charge on any atom is -0.378 e. The highest BCUT2D eigenvalue weighted by molar-refractivity contribution is 6.30. The first-order chi connectivity index (χ1) is 9.83. The molecule has 2 aliphatic rings. The SMILES string of the molecule is Clc1ccc([C@@H]2Nc3ccccc3[C@H]3OCC[C@@H]32)cc1. The van der Waals surface area contributed by atoms with Crippen molar-refractivity contribution in [3.05, 3.63) is 64.7 Å². The lowest BCUT2D eigenvalue weighted by Crippen LogP contribution is -2.29. The van der Waals surface area contributed by atoms with E-state index in [0.717, 1.165) is 18.1 Å². The number of hydrogen-bond acceptors (Lipinski definition) is 2. The number of para-hydroxylation sites is 1. The standard InChI is InChI=1S/C17H16ClNO/c18-12-7-5-11(6-8-12)16-14-9-10-20-17(14)13-3-1-2-4-15(13)19-16/h1-8,14,16-17,19H,9-10H2/t14-,16+,17-/m1/s1. The van der Waals surface area contributed by atoms with Gasteiger partial charge in [0.15, 0.2) is 0 Å². The van der Waals surface area contributed by atoms with Crippen molar-refractivity contribution in [3.63, 3.8) is 0 Å². The third-order valence-corrected chi connectivity index (χ3v) is 4.63. The summed E-state index contributed by atoms with van der Waals surface area (Å²) in [7, 11) is 0. The maximum absolute atomic E-state index is 6.00. The normalized spacial score (nSPS) is 27.6. The van der Waals surface area contributed by atoms with Crippen molar-refractivity contribution < 1.29 is 4.74 Å². The van der Waals surface area contributed by atoms with Gasteiger partial charge < -0.3 is 10.1 Å². The van der Waals surface area contributed by atoms with Crippen LogP contribution in [0.5, 0.6) is 0 Å². The Bertz CT molecular complexity index is 625. The Morgan fingerprint density at radius 3 is 2.70 bits per heavy atom. The lowest BCUT2D eigenvalue weighted by atomic mass is 9.81. The minimum atomic E-state index is 0.216. The Labute approximate surface area is 123 Å². The second kappa shape index (κ2) is 4.80. The van der Waals surface area contributed by atoms with Crippen LogP contribution < -0.4 is 5.32 Å². The average molecular weight is 286 g/mol. The maximum Gasteiger partial charge on any atom is 0.0896 e. The van der Waals surface area contributed by atoms with Gasteiger partial charge in [-0.05, 0) is 30.2 Å². The van der Waals surface area contributed by atoms with Gasteiger partial charge >= 0.3 is 0 Å². The molecule has 0 aliphatic carbocycles. The summed E-state index contributed by atoms with van der Waals surface area (Å²) in [6, 6.07) is 16.9. The molecule has 1 saturated heterocycles. The highest BCUT2D eigenvalue weighted by atomic mass is 35.5. The van der Waals surface area contributed by atoms with Gasteiger partial charge in [0.05, 0.1) is 12.1 Å². The zero-order chi connectivity index (χ0) is 13.5. The van der Waals surface area contributed by atoms with E-state index in [1.807, 2.05) is 12.1 Å². The first kappa shape index (κ1) is 12.2. The fourth-order valence-corrected chi connectivity index (χ4v) is 3.55. The summed E-state index contributed by atoms with van der Waals surface area (Å²) in [6.07, 6.45) is 1.31. The van der Waals surface area contributed by atoms with Crippen molar-refractivity contribution in [1.82, 2.24) is 0 Å². The molecule has 3 heteroatoms. The van der Waals surface area contributed by atoms with E-state index >= 15 is 0 Å². The van der Waals surface area contributed by atoms with Crippen LogP contribution in [-0.4, -0.2) is 6.61 Å². The largest absolute Gasteiger partial charge is 0.378 e. The topological polar surface area (TPSA) is 21.3 Å². The molecule has 0 unspecified atom stereocenters. The van der Waals surface area contributed by atoms with Crippen molar-refractivity contribution in [3.8, 4) is 0 Å². The summed E-state index contributed by atoms with van der Waals surface area (Å²) < 4.78 is 5.99. The van der Waals surface area contributed by atoms with E-state index in [4.69, 9.17) is 16.3 Å². The van der Waals surface area contributed by atoms with E-state index in [9.17, 15) is 0 Å². The second-order valence-electron chi connectivity index (χ2n) is 5.50. The molecule has 2 aliphatic heterocycles. The van der Waals surface area contributed by atoms with E-state index in [0.29, 0.717) is 12.0 Å². The smallest absolute Gasteiger partial charge is 0.0896 e. The molecule has 0 spiro atoms. The number of hydrogen-bond donors (Lipinski definition) is 1. The molecule has 2 aromatic rings. The minimum absolute atomic E-state index is 0.216. The van der Waals surface area contributed by atoms with Crippen LogP contribution in [-0.2, 0) is 4.74 Å². The van der Waals surface area contributed by atoms with Gasteiger partial charge in [-0.2, -0.15) is 0 Å².